The molecule has 1 atom stereocenters. The summed E-state index contributed by atoms with van der Waals surface area (Å²) in [6, 6.07) is 6.27. The summed E-state index contributed by atoms with van der Waals surface area (Å²) in [6.07, 6.45) is 5.99. The number of thiazole rings is 1. The minimum atomic E-state index is 0.197. The third kappa shape index (κ3) is 3.12. The van der Waals surface area contributed by atoms with Gasteiger partial charge >= 0.3 is 0 Å². The molecule has 2 aromatic heterocycles. The molecule has 0 aliphatic carbocycles. The van der Waals surface area contributed by atoms with E-state index >= 15 is 0 Å². The second-order valence-electron chi connectivity index (χ2n) is 5.28. The van der Waals surface area contributed by atoms with Gasteiger partial charge in [-0.2, -0.15) is 0 Å². The molecular formula is C16H18ClN3S. The summed E-state index contributed by atoms with van der Waals surface area (Å²) in [6.45, 7) is 2.95. The zero-order valence-corrected chi connectivity index (χ0v) is 13.5. The van der Waals surface area contributed by atoms with Gasteiger partial charge in [-0.05, 0) is 30.5 Å². The highest BCUT2D eigenvalue weighted by Crippen LogP contribution is 2.27. The summed E-state index contributed by atoms with van der Waals surface area (Å²) in [5, 5.41) is 2.00. The van der Waals surface area contributed by atoms with E-state index < -0.39 is 0 Å². The van der Waals surface area contributed by atoms with Crippen molar-refractivity contribution in [2.45, 2.75) is 32.4 Å². The van der Waals surface area contributed by atoms with E-state index in [1.807, 2.05) is 23.8 Å². The molecule has 21 heavy (non-hydrogen) atoms. The predicted octanol–water partition coefficient (Wildman–Crippen LogP) is 4.08. The van der Waals surface area contributed by atoms with Gasteiger partial charge in [0.15, 0.2) is 0 Å². The van der Waals surface area contributed by atoms with Crippen LogP contribution in [0.5, 0.6) is 0 Å². The average molecular weight is 320 g/mol. The zero-order valence-electron chi connectivity index (χ0n) is 11.9. The predicted molar refractivity (Wildman–Crippen MR) is 90.1 cm³/mol. The summed E-state index contributed by atoms with van der Waals surface area (Å²) in [4.78, 5) is 5.38. The van der Waals surface area contributed by atoms with Crippen LogP contribution in [0.2, 0.25) is 5.02 Å². The topological polar surface area (TPSA) is 43.8 Å². The average Bonchev–Trinajstić information content (AvgIpc) is 3.08. The lowest BCUT2D eigenvalue weighted by Crippen LogP contribution is -2.21. The number of nitrogens with zero attached hydrogens (tertiary/aromatic N) is 2. The molecule has 0 fully saturated rings. The number of halogens is 1. The standard InChI is InChI=1S/C16H18ClN3S/c1-2-13(18)5-11-8-20(9-14-7-19-10-21-14)16-6-12(17)3-4-15(11)16/h3-4,6-8,10,13H,2,5,9,18H2,1H3. The lowest BCUT2D eigenvalue weighted by molar-refractivity contribution is 0.647. The van der Waals surface area contributed by atoms with Gasteiger partial charge in [-0.25, -0.2) is 0 Å². The fourth-order valence-corrected chi connectivity index (χ4v) is 3.31. The summed E-state index contributed by atoms with van der Waals surface area (Å²) in [5.74, 6) is 0. The van der Waals surface area contributed by atoms with Crippen LogP contribution in [0.15, 0.2) is 36.1 Å². The second-order valence-corrected chi connectivity index (χ2v) is 6.69. The maximum atomic E-state index is 6.17. The number of benzene rings is 1. The molecule has 3 rings (SSSR count). The quantitative estimate of drug-likeness (QED) is 0.770. The molecule has 1 unspecified atom stereocenters. The number of hydrogen-bond acceptors (Lipinski definition) is 3. The van der Waals surface area contributed by atoms with Crippen LogP contribution in [-0.2, 0) is 13.0 Å². The van der Waals surface area contributed by atoms with Crippen molar-refractivity contribution in [3.63, 3.8) is 0 Å². The van der Waals surface area contributed by atoms with Crippen molar-refractivity contribution in [2.24, 2.45) is 5.73 Å². The summed E-state index contributed by atoms with van der Waals surface area (Å²) in [5.41, 5.74) is 10.4. The highest BCUT2D eigenvalue weighted by Gasteiger charge is 2.12. The van der Waals surface area contributed by atoms with Gasteiger partial charge in [-0.3, -0.25) is 4.98 Å². The van der Waals surface area contributed by atoms with Crippen molar-refractivity contribution in [3.05, 3.63) is 51.6 Å². The molecule has 0 radical (unpaired) electrons. The molecule has 0 aliphatic heterocycles. The largest absolute Gasteiger partial charge is 0.342 e. The van der Waals surface area contributed by atoms with Gasteiger partial charge in [0.2, 0.25) is 0 Å². The molecule has 1 aromatic carbocycles. The van der Waals surface area contributed by atoms with Crippen LogP contribution in [0.1, 0.15) is 23.8 Å². The maximum Gasteiger partial charge on any atom is 0.0794 e. The summed E-state index contributed by atoms with van der Waals surface area (Å²) in [7, 11) is 0. The van der Waals surface area contributed by atoms with Crippen molar-refractivity contribution < 1.29 is 0 Å². The number of rotatable bonds is 5. The Labute approximate surface area is 133 Å². The molecule has 0 saturated carbocycles. The summed E-state index contributed by atoms with van der Waals surface area (Å²) >= 11 is 7.84. The van der Waals surface area contributed by atoms with Crippen molar-refractivity contribution in [1.82, 2.24) is 9.55 Å². The normalized spacial score (nSPS) is 12.9. The molecule has 3 aromatic rings. The Morgan fingerprint density at radius 2 is 2.29 bits per heavy atom. The number of fused-ring (bicyclic) bond motifs is 1. The molecule has 5 heteroatoms. The smallest absolute Gasteiger partial charge is 0.0794 e. The van der Waals surface area contributed by atoms with Gasteiger partial charge in [0, 0.05) is 33.7 Å². The molecule has 2 heterocycles. The second kappa shape index (κ2) is 6.18. The Bertz CT molecular complexity index is 733. The molecular weight excluding hydrogens is 302 g/mol. The summed E-state index contributed by atoms with van der Waals surface area (Å²) < 4.78 is 2.24. The molecule has 0 aliphatic rings. The van der Waals surface area contributed by atoms with Gasteiger partial charge in [0.05, 0.1) is 17.6 Å². The minimum absolute atomic E-state index is 0.197. The van der Waals surface area contributed by atoms with Gasteiger partial charge in [0.25, 0.3) is 0 Å². The Balaban J connectivity index is 2.04. The Morgan fingerprint density at radius 1 is 1.43 bits per heavy atom. The third-order valence-electron chi connectivity index (χ3n) is 3.74. The van der Waals surface area contributed by atoms with Gasteiger partial charge in [-0.15, -0.1) is 11.3 Å². The van der Waals surface area contributed by atoms with E-state index in [2.05, 4.69) is 28.7 Å². The first-order chi connectivity index (χ1) is 10.2. The fourth-order valence-electron chi connectivity index (χ4n) is 2.55. The molecule has 0 bridgehead atoms. The number of nitrogens with two attached hydrogens (primary N) is 1. The van der Waals surface area contributed by atoms with Gasteiger partial charge in [0.1, 0.15) is 0 Å². The van der Waals surface area contributed by atoms with Crippen LogP contribution in [-0.4, -0.2) is 15.6 Å². The molecule has 0 saturated heterocycles. The van der Waals surface area contributed by atoms with E-state index in [1.165, 1.54) is 15.8 Å². The first-order valence-electron chi connectivity index (χ1n) is 7.07. The van der Waals surface area contributed by atoms with Crippen molar-refractivity contribution >= 4 is 33.8 Å². The van der Waals surface area contributed by atoms with Gasteiger partial charge < -0.3 is 10.3 Å². The highest BCUT2D eigenvalue weighted by atomic mass is 35.5. The van der Waals surface area contributed by atoms with Crippen molar-refractivity contribution in [1.29, 1.82) is 0 Å². The highest BCUT2D eigenvalue weighted by molar-refractivity contribution is 7.09. The monoisotopic (exact) mass is 319 g/mol. The lowest BCUT2D eigenvalue weighted by Gasteiger charge is -2.06. The van der Waals surface area contributed by atoms with Gasteiger partial charge in [-0.1, -0.05) is 24.6 Å². The molecule has 0 amide bonds. The van der Waals surface area contributed by atoms with Crippen molar-refractivity contribution in [2.75, 3.05) is 0 Å². The van der Waals surface area contributed by atoms with E-state index in [9.17, 15) is 0 Å². The SMILES string of the molecule is CCC(N)Cc1cn(Cc2cncs2)c2cc(Cl)ccc12. The maximum absolute atomic E-state index is 6.17. The minimum Gasteiger partial charge on any atom is -0.342 e. The van der Waals surface area contributed by atoms with Crippen LogP contribution in [0.3, 0.4) is 0 Å². The zero-order chi connectivity index (χ0) is 14.8. The Hall–Kier alpha value is -1.36. The van der Waals surface area contributed by atoms with E-state index in [1.54, 1.807) is 11.3 Å². The van der Waals surface area contributed by atoms with Crippen LogP contribution in [0, 0.1) is 0 Å². The first-order valence-corrected chi connectivity index (χ1v) is 8.33. The molecule has 3 nitrogen and oxygen atoms in total. The van der Waals surface area contributed by atoms with E-state index in [0.29, 0.717) is 0 Å². The lowest BCUT2D eigenvalue weighted by atomic mass is 10.0. The molecule has 0 spiro atoms. The first kappa shape index (κ1) is 14.6. The van der Waals surface area contributed by atoms with Crippen LogP contribution < -0.4 is 5.73 Å². The van der Waals surface area contributed by atoms with Crippen LogP contribution in [0.4, 0.5) is 0 Å². The van der Waals surface area contributed by atoms with Crippen LogP contribution >= 0.6 is 22.9 Å². The van der Waals surface area contributed by atoms with E-state index in [0.717, 1.165) is 29.9 Å². The number of hydrogen-bond donors (Lipinski definition) is 1. The fraction of sp³-hybridized carbons (Fsp3) is 0.312. The van der Waals surface area contributed by atoms with E-state index in [-0.39, 0.29) is 6.04 Å². The Kier molecular flexibility index (Phi) is 4.29. The molecule has 2 N–H and O–H groups in total. The van der Waals surface area contributed by atoms with Crippen LogP contribution in [0.25, 0.3) is 10.9 Å². The Morgan fingerprint density at radius 3 is 3.00 bits per heavy atom. The van der Waals surface area contributed by atoms with Crippen molar-refractivity contribution in [3.8, 4) is 0 Å². The molecule has 110 valence electrons. The number of aromatic nitrogens is 2. The third-order valence-corrected chi connectivity index (χ3v) is 4.74. The van der Waals surface area contributed by atoms with E-state index in [4.69, 9.17) is 17.3 Å².